The molecule has 0 aromatic rings. The maximum atomic E-state index is 6.15. The first-order valence-corrected chi connectivity index (χ1v) is 6.99. The van der Waals surface area contributed by atoms with Gasteiger partial charge in [0.05, 0.1) is 0 Å². The van der Waals surface area contributed by atoms with E-state index in [4.69, 9.17) is 11.6 Å². The van der Waals surface area contributed by atoms with Gasteiger partial charge in [-0.15, -0.1) is 11.6 Å². The van der Waals surface area contributed by atoms with Gasteiger partial charge in [-0.25, -0.2) is 0 Å². The first kappa shape index (κ1) is 13.6. The van der Waals surface area contributed by atoms with Crippen LogP contribution in [0.3, 0.4) is 0 Å². The van der Waals surface area contributed by atoms with Gasteiger partial charge in [-0.05, 0) is 30.3 Å². The quantitative estimate of drug-likeness (QED) is 0.429. The molecule has 0 aromatic heterocycles. The number of hydrogen-bond donors (Lipinski definition) is 0. The number of unbranched alkanes of at least 4 members (excludes halogenated alkanes) is 2. The van der Waals surface area contributed by atoms with E-state index in [-0.39, 0.29) is 0 Å². The minimum atomic E-state index is 0.388. The lowest BCUT2D eigenvalue weighted by Crippen LogP contribution is -2.07. The monoisotopic (exact) mass is 222 g/mol. The molecule has 0 aliphatic carbocycles. The smallest absolute Gasteiger partial charge is 0.0359 e. The number of thioether (sulfide) groups is 1. The summed E-state index contributed by atoms with van der Waals surface area (Å²) in [6, 6.07) is 0. The Morgan fingerprint density at radius 2 is 1.85 bits per heavy atom. The fourth-order valence-corrected chi connectivity index (χ4v) is 2.05. The third kappa shape index (κ3) is 8.96. The van der Waals surface area contributed by atoms with Crippen LogP contribution in [0.5, 0.6) is 0 Å². The van der Waals surface area contributed by atoms with Crippen molar-refractivity contribution in [2.75, 3.05) is 11.5 Å². The Kier molecular flexibility index (Phi) is 9.66. The zero-order valence-corrected chi connectivity index (χ0v) is 10.8. The van der Waals surface area contributed by atoms with Crippen LogP contribution in [-0.4, -0.2) is 16.9 Å². The molecule has 0 radical (unpaired) electrons. The molecule has 80 valence electrons. The molecule has 0 saturated carbocycles. The third-order valence-electron chi connectivity index (χ3n) is 2.20. The second-order valence-electron chi connectivity index (χ2n) is 3.81. The Bertz CT molecular complexity index is 104. The normalized spacial score (nSPS) is 13.6. The summed E-state index contributed by atoms with van der Waals surface area (Å²) in [7, 11) is 0. The minimum Gasteiger partial charge on any atom is -0.162 e. The third-order valence-corrected chi connectivity index (χ3v) is 3.90. The Hall–Kier alpha value is 0.640. The minimum absolute atomic E-state index is 0.388. The summed E-state index contributed by atoms with van der Waals surface area (Å²) in [5.41, 5.74) is 0. The van der Waals surface area contributed by atoms with E-state index >= 15 is 0 Å². The molecule has 1 atom stereocenters. The topological polar surface area (TPSA) is 0 Å². The lowest BCUT2D eigenvalue weighted by atomic mass is 10.0. The van der Waals surface area contributed by atoms with E-state index in [0.29, 0.717) is 11.3 Å². The van der Waals surface area contributed by atoms with Gasteiger partial charge >= 0.3 is 0 Å². The summed E-state index contributed by atoms with van der Waals surface area (Å²) in [6.45, 7) is 6.62. The summed E-state index contributed by atoms with van der Waals surface area (Å²) in [6.07, 6.45) is 5.20. The molecule has 0 spiro atoms. The van der Waals surface area contributed by atoms with Crippen LogP contribution in [0, 0.1) is 5.92 Å². The molecule has 0 aromatic carbocycles. The second-order valence-corrected chi connectivity index (χ2v) is 5.76. The first-order chi connectivity index (χ1) is 6.18. The Labute approximate surface area is 92.8 Å². The molecular formula is C11H23ClS. The molecule has 0 heterocycles. The van der Waals surface area contributed by atoms with E-state index in [9.17, 15) is 0 Å². The van der Waals surface area contributed by atoms with Gasteiger partial charge in [-0.2, -0.15) is 11.8 Å². The van der Waals surface area contributed by atoms with Crippen LogP contribution >= 0.6 is 23.4 Å². The van der Waals surface area contributed by atoms with Gasteiger partial charge in [0.25, 0.3) is 0 Å². The van der Waals surface area contributed by atoms with Crippen LogP contribution in [0.1, 0.15) is 46.5 Å². The molecular weight excluding hydrogens is 200 g/mol. The highest BCUT2D eigenvalue weighted by Gasteiger charge is 2.07. The molecule has 0 fully saturated rings. The van der Waals surface area contributed by atoms with Crippen LogP contribution < -0.4 is 0 Å². The fraction of sp³-hybridized carbons (Fsp3) is 1.00. The van der Waals surface area contributed by atoms with E-state index in [1.807, 2.05) is 11.8 Å². The number of hydrogen-bond acceptors (Lipinski definition) is 1. The molecule has 0 aliphatic heterocycles. The summed E-state index contributed by atoms with van der Waals surface area (Å²) in [5, 5.41) is 0.388. The van der Waals surface area contributed by atoms with Crippen LogP contribution in [-0.2, 0) is 0 Å². The molecule has 0 amide bonds. The Morgan fingerprint density at radius 3 is 2.38 bits per heavy atom. The van der Waals surface area contributed by atoms with Crippen molar-refractivity contribution in [1.82, 2.24) is 0 Å². The molecule has 2 heteroatoms. The standard InChI is InChI=1S/C11H23ClS/c1-4-13-9-7-5-6-8-11(12)10(2)3/h10-11H,4-9H2,1-3H3. The van der Waals surface area contributed by atoms with Gasteiger partial charge in [0.2, 0.25) is 0 Å². The van der Waals surface area contributed by atoms with Crippen LogP contribution in [0.25, 0.3) is 0 Å². The van der Waals surface area contributed by atoms with Crippen molar-refractivity contribution in [3.63, 3.8) is 0 Å². The van der Waals surface area contributed by atoms with E-state index in [1.54, 1.807) is 0 Å². The van der Waals surface area contributed by atoms with Crippen molar-refractivity contribution in [3.8, 4) is 0 Å². The Morgan fingerprint density at radius 1 is 1.15 bits per heavy atom. The predicted molar refractivity (Wildman–Crippen MR) is 65.9 cm³/mol. The summed E-state index contributed by atoms with van der Waals surface area (Å²) in [4.78, 5) is 0. The van der Waals surface area contributed by atoms with Gasteiger partial charge in [0.1, 0.15) is 0 Å². The SMILES string of the molecule is CCSCCCCCC(Cl)C(C)C. The number of rotatable bonds is 8. The van der Waals surface area contributed by atoms with Crippen molar-refractivity contribution in [2.45, 2.75) is 51.8 Å². The van der Waals surface area contributed by atoms with E-state index in [1.165, 1.54) is 37.2 Å². The average molecular weight is 223 g/mol. The first-order valence-electron chi connectivity index (χ1n) is 5.40. The van der Waals surface area contributed by atoms with E-state index in [0.717, 1.165) is 0 Å². The lowest BCUT2D eigenvalue weighted by Gasteiger charge is -2.12. The lowest BCUT2D eigenvalue weighted by molar-refractivity contribution is 0.534. The maximum absolute atomic E-state index is 6.15. The van der Waals surface area contributed by atoms with Gasteiger partial charge in [0, 0.05) is 5.38 Å². The van der Waals surface area contributed by atoms with Gasteiger partial charge in [0.15, 0.2) is 0 Å². The van der Waals surface area contributed by atoms with E-state index in [2.05, 4.69) is 20.8 Å². The number of alkyl halides is 1. The number of halogens is 1. The van der Waals surface area contributed by atoms with Crippen molar-refractivity contribution < 1.29 is 0 Å². The zero-order chi connectivity index (χ0) is 10.1. The Balaban J connectivity index is 3.07. The average Bonchev–Trinajstić information content (AvgIpc) is 2.10. The van der Waals surface area contributed by atoms with Crippen molar-refractivity contribution >= 4 is 23.4 Å². The predicted octanol–water partition coefficient (Wildman–Crippen LogP) is 4.56. The molecule has 1 unspecified atom stereocenters. The second kappa shape index (κ2) is 9.21. The van der Waals surface area contributed by atoms with Crippen LogP contribution in [0.2, 0.25) is 0 Å². The molecule has 0 aliphatic rings. The van der Waals surface area contributed by atoms with Crippen LogP contribution in [0.4, 0.5) is 0 Å². The highest BCUT2D eigenvalue weighted by Crippen LogP contribution is 2.17. The fourth-order valence-electron chi connectivity index (χ4n) is 1.20. The van der Waals surface area contributed by atoms with Crippen molar-refractivity contribution in [3.05, 3.63) is 0 Å². The summed E-state index contributed by atoms with van der Waals surface area (Å²) in [5.74, 6) is 3.21. The van der Waals surface area contributed by atoms with Gasteiger partial charge < -0.3 is 0 Å². The van der Waals surface area contributed by atoms with Gasteiger partial charge in [-0.1, -0.05) is 33.6 Å². The molecule has 0 rings (SSSR count). The van der Waals surface area contributed by atoms with Gasteiger partial charge in [-0.3, -0.25) is 0 Å². The maximum Gasteiger partial charge on any atom is 0.0359 e. The highest BCUT2D eigenvalue weighted by atomic mass is 35.5. The van der Waals surface area contributed by atoms with E-state index < -0.39 is 0 Å². The van der Waals surface area contributed by atoms with Crippen LogP contribution in [0.15, 0.2) is 0 Å². The molecule has 13 heavy (non-hydrogen) atoms. The van der Waals surface area contributed by atoms with Crippen molar-refractivity contribution in [1.29, 1.82) is 0 Å². The summed E-state index contributed by atoms with van der Waals surface area (Å²) < 4.78 is 0. The molecule has 0 N–H and O–H groups in total. The highest BCUT2D eigenvalue weighted by molar-refractivity contribution is 7.99. The largest absolute Gasteiger partial charge is 0.162 e. The molecule has 0 saturated heterocycles. The van der Waals surface area contributed by atoms with Crippen molar-refractivity contribution in [2.24, 2.45) is 5.92 Å². The molecule has 0 bridgehead atoms. The zero-order valence-electron chi connectivity index (χ0n) is 9.18. The molecule has 0 nitrogen and oxygen atoms in total. The summed E-state index contributed by atoms with van der Waals surface area (Å²) >= 11 is 8.19.